The lowest BCUT2D eigenvalue weighted by molar-refractivity contribution is -0.128. The highest BCUT2D eigenvalue weighted by atomic mass is 16.6. The summed E-state index contributed by atoms with van der Waals surface area (Å²) in [6, 6.07) is 17.9. The molecule has 0 saturated carbocycles. The van der Waals surface area contributed by atoms with Gasteiger partial charge in [0.25, 0.3) is 5.91 Å². The highest BCUT2D eigenvalue weighted by Crippen LogP contribution is 2.29. The molecule has 0 aliphatic carbocycles. The van der Waals surface area contributed by atoms with Crippen LogP contribution in [0.2, 0.25) is 0 Å². The van der Waals surface area contributed by atoms with Crippen LogP contribution in [0.25, 0.3) is 16.6 Å². The number of urea groups is 1. The Morgan fingerprint density at radius 2 is 1.70 bits per heavy atom. The number of ether oxygens (including phenoxy) is 1. The fraction of sp³-hybridized carbons (Fsp3) is 0.368. The predicted molar refractivity (Wildman–Crippen MR) is 200 cm³/mol. The van der Waals surface area contributed by atoms with Crippen molar-refractivity contribution in [2.75, 3.05) is 25.0 Å². The van der Waals surface area contributed by atoms with E-state index >= 15 is 0 Å². The molecule has 15 nitrogen and oxygen atoms in total. The van der Waals surface area contributed by atoms with E-state index in [0.717, 1.165) is 35.0 Å². The molecule has 1 aliphatic rings. The highest BCUT2D eigenvalue weighted by Gasteiger charge is 2.27. The Labute approximate surface area is 307 Å². The van der Waals surface area contributed by atoms with Crippen LogP contribution in [-0.2, 0) is 20.9 Å². The summed E-state index contributed by atoms with van der Waals surface area (Å²) in [6.07, 6.45) is 3.88. The Morgan fingerprint density at radius 1 is 0.962 bits per heavy atom. The lowest BCUT2D eigenvalue weighted by Crippen LogP contribution is -2.51. The molecule has 0 unspecified atom stereocenters. The number of piperidine rings is 1. The van der Waals surface area contributed by atoms with Crippen LogP contribution in [0.15, 0.2) is 72.9 Å². The fourth-order valence-corrected chi connectivity index (χ4v) is 6.20. The maximum atomic E-state index is 13.1. The van der Waals surface area contributed by atoms with Crippen molar-refractivity contribution in [3.63, 3.8) is 0 Å². The number of anilines is 1. The second-order valence-corrected chi connectivity index (χ2v) is 13.6. The van der Waals surface area contributed by atoms with Crippen LogP contribution in [0.3, 0.4) is 0 Å². The first-order valence-corrected chi connectivity index (χ1v) is 17.7. The number of nitrogens with zero attached hydrogens (tertiary/aromatic N) is 3. The van der Waals surface area contributed by atoms with Crippen molar-refractivity contribution in [3.8, 4) is 5.69 Å². The number of carbonyl (C=O) groups excluding carboxylic acids is 5. The van der Waals surface area contributed by atoms with Crippen LogP contribution in [-0.4, -0.2) is 76.2 Å². The molecule has 53 heavy (non-hydrogen) atoms. The molecule has 1 saturated heterocycles. The molecule has 5 rings (SSSR count). The second kappa shape index (κ2) is 17.5. The van der Waals surface area contributed by atoms with E-state index in [0.29, 0.717) is 36.3 Å². The predicted octanol–water partition coefficient (Wildman–Crippen LogP) is 3.50. The van der Waals surface area contributed by atoms with Crippen LogP contribution in [0.1, 0.15) is 66.9 Å². The molecule has 6 amide bonds. The molecule has 4 aromatic rings. The summed E-state index contributed by atoms with van der Waals surface area (Å²) < 4.78 is 7.38. The van der Waals surface area contributed by atoms with Gasteiger partial charge in [0, 0.05) is 42.8 Å². The zero-order chi connectivity index (χ0) is 38.1. The van der Waals surface area contributed by atoms with Crippen LogP contribution >= 0.6 is 0 Å². The van der Waals surface area contributed by atoms with E-state index in [1.54, 1.807) is 46.0 Å². The molecule has 1 aromatic heterocycles. The standard InChI is InChI=1S/C38H47N9O6/c1-23(2)32(39)36(50)44-31(9-4-18-42-37(41)51)35(49)43-28-14-10-24(11-15-28)22-53-38(52)46-19-5-7-26(20-46)25-12-16-29(17-13-25)47-21-27-6-3-8-30(34(40)48)33(27)45-47/h3,6,8,10-17,21,23,26,31-32H,4-5,7,9,18-20,22,39H2,1-2H3,(H2,40,48)(H,43,49)(H,44,50)(H3,41,42,51)/t26-,31+,32+/m1/s1. The van der Waals surface area contributed by atoms with E-state index in [-0.39, 0.29) is 31.4 Å². The van der Waals surface area contributed by atoms with Crippen LogP contribution in [0, 0.1) is 5.92 Å². The van der Waals surface area contributed by atoms with E-state index in [9.17, 15) is 24.0 Å². The van der Waals surface area contributed by atoms with E-state index in [4.69, 9.17) is 21.9 Å². The van der Waals surface area contributed by atoms with Gasteiger partial charge >= 0.3 is 12.1 Å². The summed E-state index contributed by atoms with van der Waals surface area (Å²) in [6.45, 7) is 5.05. The van der Waals surface area contributed by atoms with Crippen LogP contribution < -0.4 is 33.2 Å². The summed E-state index contributed by atoms with van der Waals surface area (Å²) >= 11 is 0. The van der Waals surface area contributed by atoms with Gasteiger partial charge in [-0.3, -0.25) is 14.4 Å². The Morgan fingerprint density at radius 3 is 2.38 bits per heavy atom. The number of hydrogen-bond acceptors (Lipinski definition) is 8. The third kappa shape index (κ3) is 10.1. The average Bonchev–Trinajstić information content (AvgIpc) is 3.60. The summed E-state index contributed by atoms with van der Waals surface area (Å²) in [5, 5.41) is 13.4. The highest BCUT2D eigenvalue weighted by molar-refractivity contribution is 6.04. The first-order chi connectivity index (χ1) is 25.4. The number of nitrogens with two attached hydrogens (primary N) is 3. The number of benzene rings is 3. The fourth-order valence-electron chi connectivity index (χ4n) is 6.20. The molecular formula is C38H47N9O6. The number of amides is 6. The number of hydrogen-bond donors (Lipinski definition) is 6. The van der Waals surface area contributed by atoms with Crippen molar-refractivity contribution in [2.24, 2.45) is 23.1 Å². The molecule has 0 radical (unpaired) electrons. The molecule has 3 atom stereocenters. The molecular weight excluding hydrogens is 678 g/mol. The van der Waals surface area contributed by atoms with Crippen molar-refractivity contribution in [1.29, 1.82) is 0 Å². The van der Waals surface area contributed by atoms with Gasteiger partial charge in [0.15, 0.2) is 0 Å². The number of carbonyl (C=O) groups is 5. The van der Waals surface area contributed by atoms with Gasteiger partial charge in [-0.25, -0.2) is 14.3 Å². The van der Waals surface area contributed by atoms with Gasteiger partial charge < -0.3 is 42.8 Å². The van der Waals surface area contributed by atoms with Gasteiger partial charge in [0.1, 0.15) is 18.2 Å². The van der Waals surface area contributed by atoms with E-state index < -0.39 is 41.9 Å². The summed E-state index contributed by atoms with van der Waals surface area (Å²) in [7, 11) is 0. The lowest BCUT2D eigenvalue weighted by Gasteiger charge is -2.32. The molecule has 0 bridgehead atoms. The van der Waals surface area contributed by atoms with Gasteiger partial charge in [0.2, 0.25) is 11.8 Å². The number of primary amides is 2. The zero-order valence-corrected chi connectivity index (χ0v) is 29.9. The number of nitrogens with one attached hydrogen (secondary N) is 3. The Bertz CT molecular complexity index is 1930. The van der Waals surface area contributed by atoms with Crippen LogP contribution in [0.5, 0.6) is 0 Å². The van der Waals surface area contributed by atoms with Crippen molar-refractivity contribution in [1.82, 2.24) is 25.3 Å². The van der Waals surface area contributed by atoms with Gasteiger partial charge in [-0.1, -0.05) is 50.2 Å². The van der Waals surface area contributed by atoms with Crippen molar-refractivity contribution in [3.05, 3.63) is 89.6 Å². The topological polar surface area (TPSA) is 230 Å². The smallest absolute Gasteiger partial charge is 0.410 e. The molecule has 0 spiro atoms. The summed E-state index contributed by atoms with van der Waals surface area (Å²) in [5.74, 6) is -1.39. The Balaban J connectivity index is 1.13. The second-order valence-electron chi connectivity index (χ2n) is 13.6. The largest absolute Gasteiger partial charge is 0.445 e. The maximum absolute atomic E-state index is 13.1. The van der Waals surface area contributed by atoms with Crippen molar-refractivity contribution < 1.29 is 28.7 Å². The van der Waals surface area contributed by atoms with Gasteiger partial charge in [-0.15, -0.1) is 0 Å². The minimum atomic E-state index is -0.885. The minimum Gasteiger partial charge on any atom is -0.445 e. The molecule has 1 aliphatic heterocycles. The Kier molecular flexibility index (Phi) is 12.6. The minimum absolute atomic E-state index is 0.0528. The SMILES string of the molecule is CC(C)[C@H](N)C(=O)N[C@@H](CCCNC(N)=O)C(=O)Nc1ccc(COC(=O)N2CCC[C@@H](c3ccc(-n4cc5cccc(C(N)=O)c5n4)cc3)C2)cc1. The Hall–Kier alpha value is -5.96. The molecule has 1 fully saturated rings. The lowest BCUT2D eigenvalue weighted by atomic mass is 9.91. The van der Waals surface area contributed by atoms with E-state index in [2.05, 4.69) is 21.0 Å². The van der Waals surface area contributed by atoms with Crippen molar-refractivity contribution in [2.45, 2.75) is 64.1 Å². The number of rotatable bonds is 14. The zero-order valence-electron chi connectivity index (χ0n) is 29.9. The molecule has 3 aromatic carbocycles. The normalized spacial score (nSPS) is 15.4. The van der Waals surface area contributed by atoms with Gasteiger partial charge in [-0.05, 0) is 73.1 Å². The third-order valence-corrected chi connectivity index (χ3v) is 9.32. The molecule has 15 heteroatoms. The average molecular weight is 726 g/mol. The third-order valence-electron chi connectivity index (χ3n) is 9.32. The summed E-state index contributed by atoms with van der Waals surface area (Å²) in [5.41, 5.74) is 20.7. The van der Waals surface area contributed by atoms with E-state index in [1.165, 1.54) is 0 Å². The monoisotopic (exact) mass is 725 g/mol. The van der Waals surface area contributed by atoms with E-state index in [1.807, 2.05) is 50.4 Å². The van der Waals surface area contributed by atoms with Crippen molar-refractivity contribution >= 4 is 46.4 Å². The number of likely N-dealkylation sites (tertiary alicyclic amines) is 1. The molecule has 280 valence electrons. The molecule has 9 N–H and O–H groups in total. The van der Waals surface area contributed by atoms with Gasteiger partial charge in [0.05, 0.1) is 17.3 Å². The quantitative estimate of drug-likeness (QED) is 0.105. The van der Waals surface area contributed by atoms with Crippen LogP contribution in [0.4, 0.5) is 15.3 Å². The maximum Gasteiger partial charge on any atom is 0.410 e. The molecule has 2 heterocycles. The van der Waals surface area contributed by atoms with Gasteiger partial charge in [-0.2, -0.15) is 5.10 Å². The number of fused-ring (bicyclic) bond motifs is 1. The summed E-state index contributed by atoms with van der Waals surface area (Å²) in [4.78, 5) is 63.4. The first-order valence-electron chi connectivity index (χ1n) is 17.7. The first kappa shape index (κ1) is 38.3. The number of aromatic nitrogens is 2.